The predicted octanol–water partition coefficient (Wildman–Crippen LogP) is 4.32. The number of nitrogens with zero attached hydrogens (tertiary/aromatic N) is 1. The predicted molar refractivity (Wildman–Crippen MR) is 89.5 cm³/mol. The Morgan fingerprint density at radius 1 is 1.19 bits per heavy atom. The number of pyridine rings is 1. The molecule has 21 heavy (non-hydrogen) atoms. The molecular formula is C15H23Cl2N3O. The second-order valence-electron chi connectivity index (χ2n) is 5.53. The van der Waals surface area contributed by atoms with Crippen LogP contribution in [0.25, 0.3) is 0 Å². The minimum absolute atomic E-state index is 0.00213. The van der Waals surface area contributed by atoms with Gasteiger partial charge in [-0.05, 0) is 25.3 Å². The third-order valence-corrected chi connectivity index (χ3v) is 4.35. The molecule has 118 valence electrons. The monoisotopic (exact) mass is 331 g/mol. The maximum atomic E-state index is 10.2. The van der Waals surface area contributed by atoms with Gasteiger partial charge >= 0.3 is 0 Å². The SMILES string of the molecule is CCCNc1nc(NC2CCCCCC2O)c(Cl)cc1Cl. The van der Waals surface area contributed by atoms with Crippen LogP contribution in [0.3, 0.4) is 0 Å². The van der Waals surface area contributed by atoms with Crippen LogP contribution in [0.4, 0.5) is 11.6 Å². The Hall–Kier alpha value is -0.710. The lowest BCUT2D eigenvalue weighted by atomic mass is 10.1. The van der Waals surface area contributed by atoms with E-state index in [0.717, 1.165) is 38.6 Å². The van der Waals surface area contributed by atoms with Crippen LogP contribution in [0.15, 0.2) is 6.07 Å². The molecule has 1 aromatic heterocycles. The van der Waals surface area contributed by atoms with Gasteiger partial charge in [-0.15, -0.1) is 0 Å². The van der Waals surface area contributed by atoms with Crippen LogP contribution in [-0.2, 0) is 0 Å². The van der Waals surface area contributed by atoms with Gasteiger partial charge in [0.05, 0.1) is 22.2 Å². The van der Waals surface area contributed by atoms with Crippen molar-refractivity contribution in [2.24, 2.45) is 0 Å². The van der Waals surface area contributed by atoms with Gasteiger partial charge in [0.25, 0.3) is 0 Å². The van der Waals surface area contributed by atoms with Gasteiger partial charge in [-0.3, -0.25) is 0 Å². The summed E-state index contributed by atoms with van der Waals surface area (Å²) in [5.74, 6) is 1.22. The second-order valence-corrected chi connectivity index (χ2v) is 6.35. The molecule has 0 spiro atoms. The molecule has 0 aromatic carbocycles. The van der Waals surface area contributed by atoms with E-state index in [0.29, 0.717) is 21.7 Å². The summed E-state index contributed by atoms with van der Waals surface area (Å²) in [6.45, 7) is 2.89. The molecule has 1 aliphatic carbocycles. The molecular weight excluding hydrogens is 309 g/mol. The zero-order valence-electron chi connectivity index (χ0n) is 12.3. The summed E-state index contributed by atoms with van der Waals surface area (Å²) in [4.78, 5) is 4.47. The Labute approximate surface area is 136 Å². The molecule has 0 bridgehead atoms. The third-order valence-electron chi connectivity index (χ3n) is 3.77. The van der Waals surface area contributed by atoms with Gasteiger partial charge in [0.1, 0.15) is 11.6 Å². The average Bonchev–Trinajstić information content (AvgIpc) is 2.65. The van der Waals surface area contributed by atoms with Gasteiger partial charge in [0.2, 0.25) is 0 Å². The van der Waals surface area contributed by atoms with Crippen LogP contribution in [0.2, 0.25) is 10.0 Å². The minimum Gasteiger partial charge on any atom is -0.391 e. The number of aliphatic hydroxyl groups excluding tert-OH is 1. The van der Waals surface area contributed by atoms with Gasteiger partial charge in [-0.25, -0.2) is 4.98 Å². The number of aromatic nitrogens is 1. The molecule has 0 amide bonds. The highest BCUT2D eigenvalue weighted by molar-refractivity contribution is 6.37. The Kier molecular flexibility index (Phi) is 6.40. The normalized spacial score (nSPS) is 22.7. The van der Waals surface area contributed by atoms with Gasteiger partial charge in [0.15, 0.2) is 0 Å². The molecule has 1 aromatic rings. The van der Waals surface area contributed by atoms with E-state index in [9.17, 15) is 5.11 Å². The summed E-state index contributed by atoms with van der Waals surface area (Å²) in [7, 11) is 0. The van der Waals surface area contributed by atoms with E-state index in [1.54, 1.807) is 6.07 Å². The van der Waals surface area contributed by atoms with Gasteiger partial charge in [0, 0.05) is 6.54 Å². The number of rotatable bonds is 5. The van der Waals surface area contributed by atoms with Crippen molar-refractivity contribution in [1.82, 2.24) is 4.98 Å². The molecule has 2 atom stereocenters. The molecule has 2 unspecified atom stereocenters. The largest absolute Gasteiger partial charge is 0.391 e. The molecule has 1 heterocycles. The molecule has 3 N–H and O–H groups in total. The van der Waals surface area contributed by atoms with Crippen molar-refractivity contribution in [2.75, 3.05) is 17.2 Å². The summed E-state index contributed by atoms with van der Waals surface area (Å²) in [6.07, 6.45) is 5.74. The fourth-order valence-corrected chi connectivity index (χ4v) is 3.05. The van der Waals surface area contributed by atoms with Crippen LogP contribution in [0.5, 0.6) is 0 Å². The van der Waals surface area contributed by atoms with Crippen LogP contribution < -0.4 is 10.6 Å². The Balaban J connectivity index is 2.14. The fourth-order valence-electron chi connectivity index (χ4n) is 2.57. The number of anilines is 2. The first kappa shape index (κ1) is 16.7. The molecule has 0 saturated heterocycles. The first-order valence-corrected chi connectivity index (χ1v) is 8.42. The number of nitrogens with one attached hydrogen (secondary N) is 2. The molecule has 1 aliphatic rings. The summed E-state index contributed by atoms with van der Waals surface area (Å²) in [5.41, 5.74) is 0. The molecule has 1 fully saturated rings. The average molecular weight is 332 g/mol. The second kappa shape index (κ2) is 8.06. The molecule has 4 nitrogen and oxygen atoms in total. The summed E-state index contributed by atoms with van der Waals surface area (Å²) in [6, 6.07) is 1.69. The standard InChI is InChI=1S/C15H23Cl2N3O/c1-2-8-18-14-10(16)9-11(17)15(20-14)19-12-6-4-3-5-7-13(12)21/h9,12-13,21H,2-8H2,1H3,(H2,18,19,20). The summed E-state index contributed by atoms with van der Waals surface area (Å²) in [5, 5.41) is 17.7. The Morgan fingerprint density at radius 2 is 1.90 bits per heavy atom. The highest BCUT2D eigenvalue weighted by atomic mass is 35.5. The number of hydrogen-bond acceptors (Lipinski definition) is 4. The van der Waals surface area contributed by atoms with Gasteiger partial charge in [-0.1, -0.05) is 49.4 Å². The highest BCUT2D eigenvalue weighted by Crippen LogP contribution is 2.31. The van der Waals surface area contributed by atoms with Crippen molar-refractivity contribution in [1.29, 1.82) is 0 Å². The number of aliphatic hydroxyl groups is 1. The third kappa shape index (κ3) is 4.63. The van der Waals surface area contributed by atoms with E-state index in [1.165, 1.54) is 6.42 Å². The van der Waals surface area contributed by atoms with E-state index < -0.39 is 0 Å². The quantitative estimate of drug-likeness (QED) is 0.703. The van der Waals surface area contributed by atoms with Crippen molar-refractivity contribution >= 4 is 34.8 Å². The minimum atomic E-state index is -0.354. The maximum Gasteiger partial charge on any atom is 0.147 e. The molecule has 1 saturated carbocycles. The van der Waals surface area contributed by atoms with Crippen molar-refractivity contribution < 1.29 is 5.11 Å². The maximum absolute atomic E-state index is 10.2. The van der Waals surface area contributed by atoms with E-state index in [4.69, 9.17) is 23.2 Å². The topological polar surface area (TPSA) is 57.2 Å². The van der Waals surface area contributed by atoms with Crippen molar-refractivity contribution in [3.8, 4) is 0 Å². The van der Waals surface area contributed by atoms with Crippen LogP contribution >= 0.6 is 23.2 Å². The summed E-state index contributed by atoms with van der Waals surface area (Å²) >= 11 is 12.4. The highest BCUT2D eigenvalue weighted by Gasteiger charge is 2.23. The smallest absolute Gasteiger partial charge is 0.147 e. The van der Waals surface area contributed by atoms with Gasteiger partial charge in [-0.2, -0.15) is 0 Å². The zero-order chi connectivity index (χ0) is 15.2. The van der Waals surface area contributed by atoms with Gasteiger partial charge < -0.3 is 15.7 Å². The van der Waals surface area contributed by atoms with E-state index >= 15 is 0 Å². The number of hydrogen-bond donors (Lipinski definition) is 3. The summed E-state index contributed by atoms with van der Waals surface area (Å²) < 4.78 is 0. The van der Waals surface area contributed by atoms with E-state index in [-0.39, 0.29) is 12.1 Å². The fraction of sp³-hybridized carbons (Fsp3) is 0.667. The van der Waals surface area contributed by atoms with E-state index in [1.807, 2.05) is 0 Å². The lowest BCUT2D eigenvalue weighted by Crippen LogP contribution is -2.33. The Morgan fingerprint density at radius 3 is 2.67 bits per heavy atom. The molecule has 0 radical (unpaired) electrons. The van der Waals surface area contributed by atoms with Crippen molar-refractivity contribution in [2.45, 2.75) is 57.6 Å². The molecule has 2 rings (SSSR count). The van der Waals surface area contributed by atoms with Crippen molar-refractivity contribution in [3.63, 3.8) is 0 Å². The zero-order valence-corrected chi connectivity index (χ0v) is 13.8. The Bertz CT molecular complexity index is 470. The number of halogens is 2. The molecule has 0 aliphatic heterocycles. The van der Waals surface area contributed by atoms with Crippen molar-refractivity contribution in [3.05, 3.63) is 16.1 Å². The lowest BCUT2D eigenvalue weighted by molar-refractivity contribution is 0.144. The van der Waals surface area contributed by atoms with Crippen LogP contribution in [-0.4, -0.2) is 28.8 Å². The van der Waals surface area contributed by atoms with Crippen LogP contribution in [0, 0.1) is 0 Å². The first-order chi connectivity index (χ1) is 10.1. The molecule has 6 heteroatoms. The first-order valence-electron chi connectivity index (χ1n) is 7.66. The van der Waals surface area contributed by atoms with E-state index in [2.05, 4.69) is 22.5 Å². The van der Waals surface area contributed by atoms with Crippen LogP contribution in [0.1, 0.15) is 45.4 Å². The lowest BCUT2D eigenvalue weighted by Gasteiger charge is -2.23.